The van der Waals surface area contributed by atoms with Gasteiger partial charge in [-0.25, -0.2) is 0 Å². The van der Waals surface area contributed by atoms with Gasteiger partial charge >= 0.3 is 0 Å². The minimum Gasteiger partial charge on any atom is -0.396 e. The average molecular weight is 245 g/mol. The maximum Gasteiger partial charge on any atom is 0.0465 e. The third-order valence-corrected chi connectivity index (χ3v) is 4.71. The number of fused-ring (bicyclic) bond motifs is 1. The fourth-order valence-electron chi connectivity index (χ4n) is 3.40. The number of benzene rings is 1. The normalized spacial score (nSPS) is 30.8. The maximum absolute atomic E-state index is 9.15. The number of likely N-dealkylation sites (tertiary alicyclic amines) is 1. The number of piperidine rings is 1. The van der Waals surface area contributed by atoms with Crippen molar-refractivity contribution in [2.45, 2.75) is 26.3 Å². The third-order valence-electron chi connectivity index (χ3n) is 4.71. The highest BCUT2D eigenvalue weighted by molar-refractivity contribution is 5.25. The molecule has 1 N–H and O–H groups in total. The van der Waals surface area contributed by atoms with Crippen LogP contribution in [0.15, 0.2) is 24.3 Å². The van der Waals surface area contributed by atoms with Gasteiger partial charge in [0.25, 0.3) is 0 Å². The van der Waals surface area contributed by atoms with Crippen LogP contribution < -0.4 is 0 Å². The SMILES string of the molecule is CC(C)c1ccc(CN2CC3C(CO)C3C2)cc1. The summed E-state index contributed by atoms with van der Waals surface area (Å²) >= 11 is 0. The van der Waals surface area contributed by atoms with Crippen molar-refractivity contribution < 1.29 is 5.11 Å². The minimum atomic E-state index is 0.395. The molecule has 0 aromatic heterocycles. The van der Waals surface area contributed by atoms with Crippen LogP contribution in [0.1, 0.15) is 30.9 Å². The zero-order chi connectivity index (χ0) is 12.7. The van der Waals surface area contributed by atoms with Crippen molar-refractivity contribution >= 4 is 0 Å². The Morgan fingerprint density at radius 2 is 1.78 bits per heavy atom. The number of nitrogens with zero attached hydrogens (tertiary/aromatic N) is 1. The molecule has 2 aliphatic rings. The van der Waals surface area contributed by atoms with Gasteiger partial charge in [-0.15, -0.1) is 0 Å². The number of rotatable bonds is 4. The topological polar surface area (TPSA) is 23.5 Å². The molecule has 2 fully saturated rings. The maximum atomic E-state index is 9.15. The molecular formula is C16H23NO. The number of hydrogen-bond donors (Lipinski definition) is 1. The Balaban J connectivity index is 1.55. The van der Waals surface area contributed by atoms with Gasteiger partial charge in [0.05, 0.1) is 0 Å². The Labute approximate surface area is 110 Å². The highest BCUT2D eigenvalue weighted by Crippen LogP contribution is 2.51. The fraction of sp³-hybridized carbons (Fsp3) is 0.625. The summed E-state index contributed by atoms with van der Waals surface area (Å²) < 4.78 is 0. The smallest absolute Gasteiger partial charge is 0.0465 e. The predicted molar refractivity (Wildman–Crippen MR) is 73.4 cm³/mol. The van der Waals surface area contributed by atoms with Gasteiger partial charge in [0.1, 0.15) is 0 Å². The second kappa shape index (κ2) is 4.67. The second-order valence-corrected chi connectivity index (χ2v) is 6.26. The zero-order valence-electron chi connectivity index (χ0n) is 11.3. The van der Waals surface area contributed by atoms with Crippen molar-refractivity contribution in [2.24, 2.45) is 17.8 Å². The summed E-state index contributed by atoms with van der Waals surface area (Å²) in [6, 6.07) is 9.05. The zero-order valence-corrected chi connectivity index (χ0v) is 11.3. The molecule has 1 aliphatic heterocycles. The first-order chi connectivity index (χ1) is 8.69. The van der Waals surface area contributed by atoms with E-state index in [-0.39, 0.29) is 0 Å². The second-order valence-electron chi connectivity index (χ2n) is 6.26. The molecule has 0 spiro atoms. The van der Waals surface area contributed by atoms with Crippen molar-refractivity contribution in [2.75, 3.05) is 19.7 Å². The molecule has 1 saturated carbocycles. The van der Waals surface area contributed by atoms with Gasteiger partial charge in [0, 0.05) is 26.2 Å². The van der Waals surface area contributed by atoms with E-state index in [9.17, 15) is 0 Å². The Kier molecular flexibility index (Phi) is 3.16. The van der Waals surface area contributed by atoms with Crippen LogP contribution in [0.4, 0.5) is 0 Å². The van der Waals surface area contributed by atoms with Crippen LogP contribution in [0.25, 0.3) is 0 Å². The first-order valence-electron chi connectivity index (χ1n) is 7.11. The van der Waals surface area contributed by atoms with Crippen molar-refractivity contribution in [3.63, 3.8) is 0 Å². The third kappa shape index (κ3) is 2.19. The molecule has 18 heavy (non-hydrogen) atoms. The Morgan fingerprint density at radius 3 is 2.28 bits per heavy atom. The largest absolute Gasteiger partial charge is 0.396 e. The Hall–Kier alpha value is -0.860. The lowest BCUT2D eigenvalue weighted by Gasteiger charge is -2.19. The van der Waals surface area contributed by atoms with E-state index in [1.165, 1.54) is 24.2 Å². The van der Waals surface area contributed by atoms with E-state index in [4.69, 9.17) is 5.11 Å². The van der Waals surface area contributed by atoms with Crippen LogP contribution >= 0.6 is 0 Å². The lowest BCUT2D eigenvalue weighted by atomic mass is 10.0. The summed E-state index contributed by atoms with van der Waals surface area (Å²) in [5.74, 6) is 2.79. The van der Waals surface area contributed by atoms with Crippen LogP contribution in [0.5, 0.6) is 0 Å². The van der Waals surface area contributed by atoms with E-state index in [1.54, 1.807) is 0 Å². The van der Waals surface area contributed by atoms with E-state index >= 15 is 0 Å². The highest BCUT2D eigenvalue weighted by Gasteiger charge is 2.54. The summed E-state index contributed by atoms with van der Waals surface area (Å²) in [6.45, 7) is 8.30. The summed E-state index contributed by atoms with van der Waals surface area (Å²) in [4.78, 5) is 2.53. The quantitative estimate of drug-likeness (QED) is 0.881. The van der Waals surface area contributed by atoms with Crippen molar-refractivity contribution in [3.05, 3.63) is 35.4 Å². The Bertz CT molecular complexity index is 400. The lowest BCUT2D eigenvalue weighted by Crippen LogP contribution is -2.24. The van der Waals surface area contributed by atoms with Gasteiger partial charge in [-0.2, -0.15) is 0 Å². The first-order valence-corrected chi connectivity index (χ1v) is 7.11. The van der Waals surface area contributed by atoms with Crippen molar-refractivity contribution in [1.29, 1.82) is 0 Å². The molecule has 1 saturated heterocycles. The molecule has 2 atom stereocenters. The standard InChI is InChI=1S/C16H23NO/c1-11(2)13-5-3-12(4-6-13)7-17-8-14-15(9-17)16(14)10-18/h3-6,11,14-16,18H,7-10H2,1-2H3. The number of aliphatic hydroxyl groups excluding tert-OH is 1. The summed E-state index contributed by atoms with van der Waals surface area (Å²) in [5.41, 5.74) is 2.84. The summed E-state index contributed by atoms with van der Waals surface area (Å²) in [5, 5.41) is 9.15. The van der Waals surface area contributed by atoms with Gasteiger partial charge in [0.15, 0.2) is 0 Å². The molecule has 0 bridgehead atoms. The van der Waals surface area contributed by atoms with Crippen LogP contribution in [0.2, 0.25) is 0 Å². The van der Waals surface area contributed by atoms with E-state index in [0.29, 0.717) is 18.4 Å². The van der Waals surface area contributed by atoms with Gasteiger partial charge in [-0.05, 0) is 34.8 Å². The fourth-order valence-corrected chi connectivity index (χ4v) is 3.40. The summed E-state index contributed by atoms with van der Waals surface area (Å²) in [7, 11) is 0. The van der Waals surface area contributed by atoms with E-state index in [0.717, 1.165) is 18.4 Å². The molecule has 1 aromatic carbocycles. The van der Waals surface area contributed by atoms with E-state index in [2.05, 4.69) is 43.0 Å². The van der Waals surface area contributed by atoms with Gasteiger partial charge in [0.2, 0.25) is 0 Å². The van der Waals surface area contributed by atoms with Crippen molar-refractivity contribution in [3.8, 4) is 0 Å². The average Bonchev–Trinajstić information content (AvgIpc) is 2.84. The van der Waals surface area contributed by atoms with Crippen LogP contribution in [0, 0.1) is 17.8 Å². The molecule has 1 aliphatic carbocycles. The minimum absolute atomic E-state index is 0.395. The highest BCUT2D eigenvalue weighted by atomic mass is 16.3. The van der Waals surface area contributed by atoms with Gasteiger partial charge in [-0.1, -0.05) is 38.1 Å². The summed E-state index contributed by atoms with van der Waals surface area (Å²) in [6.07, 6.45) is 0. The monoisotopic (exact) mass is 245 g/mol. The number of hydrogen-bond acceptors (Lipinski definition) is 2. The molecule has 98 valence electrons. The molecule has 1 aromatic rings. The molecule has 0 amide bonds. The van der Waals surface area contributed by atoms with Crippen LogP contribution in [-0.2, 0) is 6.54 Å². The molecule has 2 heteroatoms. The molecule has 2 nitrogen and oxygen atoms in total. The molecule has 0 radical (unpaired) electrons. The van der Waals surface area contributed by atoms with E-state index < -0.39 is 0 Å². The molecule has 2 unspecified atom stereocenters. The molecule has 3 rings (SSSR count). The van der Waals surface area contributed by atoms with Crippen LogP contribution in [0.3, 0.4) is 0 Å². The lowest BCUT2D eigenvalue weighted by molar-refractivity contribution is 0.217. The van der Waals surface area contributed by atoms with Crippen molar-refractivity contribution in [1.82, 2.24) is 4.90 Å². The predicted octanol–water partition coefficient (Wildman–Crippen LogP) is 2.48. The first kappa shape index (κ1) is 12.2. The molecule has 1 heterocycles. The molecular weight excluding hydrogens is 222 g/mol. The number of aliphatic hydroxyl groups is 1. The Morgan fingerprint density at radius 1 is 1.17 bits per heavy atom. The van der Waals surface area contributed by atoms with Gasteiger partial charge < -0.3 is 5.11 Å². The van der Waals surface area contributed by atoms with Gasteiger partial charge in [-0.3, -0.25) is 4.90 Å². The van der Waals surface area contributed by atoms with Crippen LogP contribution in [-0.4, -0.2) is 29.7 Å². The van der Waals surface area contributed by atoms with E-state index in [1.807, 2.05) is 0 Å².